The van der Waals surface area contributed by atoms with E-state index in [-0.39, 0.29) is 5.41 Å². The van der Waals surface area contributed by atoms with Gasteiger partial charge in [0.2, 0.25) is 0 Å². The lowest BCUT2D eigenvalue weighted by Gasteiger charge is -2.13. The third-order valence-electron chi connectivity index (χ3n) is 2.05. The average Bonchev–Trinajstić information content (AvgIpc) is 2.47. The van der Waals surface area contributed by atoms with E-state index in [0.717, 1.165) is 18.6 Å². The van der Waals surface area contributed by atoms with E-state index in [1.54, 1.807) is 0 Å². The number of thiol groups is 1. The van der Waals surface area contributed by atoms with Crippen LogP contribution >= 0.6 is 24.0 Å². The van der Waals surface area contributed by atoms with E-state index >= 15 is 0 Å². The maximum Gasteiger partial charge on any atom is 0.0984 e. The van der Waals surface area contributed by atoms with Crippen LogP contribution in [0.2, 0.25) is 0 Å². The van der Waals surface area contributed by atoms with Gasteiger partial charge in [0.05, 0.1) is 10.7 Å². The number of hydrogen-bond donors (Lipinski definition) is 1. The van der Waals surface area contributed by atoms with Crippen molar-refractivity contribution in [3.63, 3.8) is 0 Å². The summed E-state index contributed by atoms with van der Waals surface area (Å²) in [5.74, 6) is 0.822. The lowest BCUT2D eigenvalue weighted by molar-refractivity contribution is 0.582. The Bertz CT molecular complexity index is 297. The van der Waals surface area contributed by atoms with Crippen LogP contribution in [0.5, 0.6) is 0 Å². The van der Waals surface area contributed by atoms with Crippen LogP contribution in [0.3, 0.4) is 0 Å². The van der Waals surface area contributed by atoms with Gasteiger partial charge in [-0.2, -0.15) is 12.6 Å². The fraction of sp³-hybridized carbons (Fsp3) is 0.727. The Morgan fingerprint density at radius 2 is 2.00 bits per heavy atom. The molecule has 0 N–H and O–H groups in total. The zero-order valence-electron chi connectivity index (χ0n) is 9.42. The van der Waals surface area contributed by atoms with Gasteiger partial charge in [-0.1, -0.05) is 34.1 Å². The zero-order chi connectivity index (χ0) is 10.8. The summed E-state index contributed by atoms with van der Waals surface area (Å²) in [6, 6.07) is 0. The minimum absolute atomic E-state index is 0.175. The van der Waals surface area contributed by atoms with Crippen molar-refractivity contribution < 1.29 is 0 Å². The smallest absolute Gasteiger partial charge is 0.0984 e. The van der Waals surface area contributed by atoms with Gasteiger partial charge in [-0.15, -0.1) is 11.3 Å². The van der Waals surface area contributed by atoms with Crippen molar-refractivity contribution in [3.05, 3.63) is 15.6 Å². The standard InChI is InChI=1S/C11H19NS2/c1-5-6-8-9(7-13)14-10(12-8)11(2,3)4/h13H,5-7H2,1-4H3. The third kappa shape index (κ3) is 2.74. The SMILES string of the molecule is CCCc1nc(C(C)(C)C)sc1CS. The van der Waals surface area contributed by atoms with Crippen LogP contribution in [0.15, 0.2) is 0 Å². The molecule has 14 heavy (non-hydrogen) atoms. The molecule has 1 aromatic heterocycles. The maximum atomic E-state index is 4.71. The first-order chi connectivity index (χ1) is 6.49. The Kier molecular flexibility index (Phi) is 4.02. The lowest BCUT2D eigenvalue weighted by atomic mass is 9.98. The first kappa shape index (κ1) is 12.1. The molecule has 80 valence electrons. The van der Waals surface area contributed by atoms with Crippen LogP contribution in [0.4, 0.5) is 0 Å². The van der Waals surface area contributed by atoms with E-state index in [4.69, 9.17) is 4.98 Å². The average molecular weight is 229 g/mol. The molecule has 0 radical (unpaired) electrons. The topological polar surface area (TPSA) is 12.9 Å². The van der Waals surface area contributed by atoms with Crippen LogP contribution in [-0.2, 0) is 17.6 Å². The summed E-state index contributed by atoms with van der Waals surface area (Å²) in [5.41, 5.74) is 1.44. The molecule has 1 aromatic rings. The number of thiazole rings is 1. The first-order valence-corrected chi connectivity index (χ1v) is 6.53. The molecule has 0 spiro atoms. The van der Waals surface area contributed by atoms with Crippen molar-refractivity contribution in [2.45, 2.75) is 51.7 Å². The van der Waals surface area contributed by atoms with Crippen LogP contribution in [0.25, 0.3) is 0 Å². The van der Waals surface area contributed by atoms with Gasteiger partial charge in [0.25, 0.3) is 0 Å². The summed E-state index contributed by atoms with van der Waals surface area (Å²) in [7, 11) is 0. The van der Waals surface area contributed by atoms with E-state index in [0.29, 0.717) is 0 Å². The fourth-order valence-electron chi connectivity index (χ4n) is 1.26. The van der Waals surface area contributed by atoms with Crippen LogP contribution in [0.1, 0.15) is 49.7 Å². The number of aromatic nitrogens is 1. The van der Waals surface area contributed by atoms with Crippen LogP contribution < -0.4 is 0 Å². The summed E-state index contributed by atoms with van der Waals surface area (Å²) < 4.78 is 0. The zero-order valence-corrected chi connectivity index (χ0v) is 11.1. The molecule has 0 atom stereocenters. The quantitative estimate of drug-likeness (QED) is 0.777. The van der Waals surface area contributed by atoms with Gasteiger partial charge >= 0.3 is 0 Å². The van der Waals surface area contributed by atoms with E-state index in [2.05, 4.69) is 40.3 Å². The Labute approximate surface area is 96.4 Å². The largest absolute Gasteiger partial charge is 0.245 e. The Hall–Kier alpha value is -0.0200. The second-order valence-electron chi connectivity index (χ2n) is 4.55. The minimum Gasteiger partial charge on any atom is -0.245 e. The Morgan fingerprint density at radius 1 is 1.36 bits per heavy atom. The highest BCUT2D eigenvalue weighted by Gasteiger charge is 2.20. The van der Waals surface area contributed by atoms with Gasteiger partial charge in [0.1, 0.15) is 0 Å². The first-order valence-electron chi connectivity index (χ1n) is 5.09. The molecule has 0 saturated carbocycles. The molecule has 0 aliphatic rings. The molecule has 1 rings (SSSR count). The summed E-state index contributed by atoms with van der Waals surface area (Å²) in [5, 5.41) is 1.24. The van der Waals surface area contributed by atoms with Crippen molar-refractivity contribution in [1.82, 2.24) is 4.98 Å². The van der Waals surface area contributed by atoms with Gasteiger partial charge in [-0.05, 0) is 6.42 Å². The predicted octanol–water partition coefficient (Wildman–Crippen LogP) is 3.82. The summed E-state index contributed by atoms with van der Waals surface area (Å²) in [6.07, 6.45) is 2.25. The second kappa shape index (κ2) is 4.67. The molecule has 1 heterocycles. The minimum atomic E-state index is 0.175. The number of aryl methyl sites for hydroxylation is 1. The van der Waals surface area contributed by atoms with Gasteiger partial charge in [-0.25, -0.2) is 4.98 Å². The van der Waals surface area contributed by atoms with Crippen molar-refractivity contribution >= 4 is 24.0 Å². The molecule has 0 unspecified atom stereocenters. The normalized spacial score (nSPS) is 12.1. The predicted molar refractivity (Wildman–Crippen MR) is 67.5 cm³/mol. The van der Waals surface area contributed by atoms with Gasteiger partial charge in [0, 0.05) is 16.0 Å². The molecule has 0 aromatic carbocycles. The fourth-order valence-corrected chi connectivity index (χ4v) is 2.66. The maximum absolute atomic E-state index is 4.71. The van der Waals surface area contributed by atoms with E-state index in [1.807, 2.05) is 11.3 Å². The van der Waals surface area contributed by atoms with E-state index < -0.39 is 0 Å². The summed E-state index contributed by atoms with van der Waals surface area (Å²) in [4.78, 5) is 6.06. The Balaban J connectivity index is 3.00. The summed E-state index contributed by atoms with van der Waals surface area (Å²) >= 11 is 6.17. The van der Waals surface area contributed by atoms with Gasteiger partial charge in [0.15, 0.2) is 0 Å². The molecule has 0 aliphatic heterocycles. The highest BCUT2D eigenvalue weighted by atomic mass is 32.1. The molecule has 0 fully saturated rings. The van der Waals surface area contributed by atoms with Gasteiger partial charge in [-0.3, -0.25) is 0 Å². The molecule has 0 aliphatic carbocycles. The number of rotatable bonds is 3. The third-order valence-corrected chi connectivity index (χ3v) is 4.10. The highest BCUT2D eigenvalue weighted by Crippen LogP contribution is 2.30. The molecule has 1 nitrogen and oxygen atoms in total. The van der Waals surface area contributed by atoms with E-state index in [1.165, 1.54) is 15.6 Å². The molecular weight excluding hydrogens is 210 g/mol. The second-order valence-corrected chi connectivity index (χ2v) is 5.95. The molecule has 0 amide bonds. The van der Waals surface area contributed by atoms with Crippen molar-refractivity contribution in [3.8, 4) is 0 Å². The molecule has 3 heteroatoms. The van der Waals surface area contributed by atoms with Crippen molar-refractivity contribution in [2.24, 2.45) is 0 Å². The van der Waals surface area contributed by atoms with Crippen molar-refractivity contribution in [1.29, 1.82) is 0 Å². The monoisotopic (exact) mass is 229 g/mol. The van der Waals surface area contributed by atoms with Gasteiger partial charge < -0.3 is 0 Å². The highest BCUT2D eigenvalue weighted by molar-refractivity contribution is 7.79. The van der Waals surface area contributed by atoms with E-state index in [9.17, 15) is 0 Å². The summed E-state index contributed by atoms with van der Waals surface area (Å²) in [6.45, 7) is 8.83. The number of hydrogen-bond acceptors (Lipinski definition) is 3. The lowest BCUT2D eigenvalue weighted by Crippen LogP contribution is -2.10. The molecule has 0 saturated heterocycles. The Morgan fingerprint density at radius 3 is 2.43 bits per heavy atom. The number of nitrogens with zero attached hydrogens (tertiary/aromatic N) is 1. The van der Waals surface area contributed by atoms with Crippen LogP contribution in [-0.4, -0.2) is 4.98 Å². The molecule has 0 bridgehead atoms. The van der Waals surface area contributed by atoms with Crippen LogP contribution in [0, 0.1) is 0 Å². The molecular formula is C11H19NS2. The van der Waals surface area contributed by atoms with Crippen molar-refractivity contribution in [2.75, 3.05) is 0 Å².